The highest BCUT2D eigenvalue weighted by molar-refractivity contribution is 6.00. The number of nitro groups is 1. The summed E-state index contributed by atoms with van der Waals surface area (Å²) in [6.45, 7) is 1.68. The van der Waals surface area contributed by atoms with Gasteiger partial charge in [0.15, 0.2) is 6.61 Å². The lowest BCUT2D eigenvalue weighted by atomic mass is 10.1. The average molecular weight is 411 g/mol. The number of amides is 2. The van der Waals surface area contributed by atoms with Gasteiger partial charge in [0, 0.05) is 36.5 Å². The van der Waals surface area contributed by atoms with Gasteiger partial charge >= 0.3 is 5.97 Å². The third-order valence-corrected chi connectivity index (χ3v) is 4.82. The second-order valence-corrected chi connectivity index (χ2v) is 6.89. The van der Waals surface area contributed by atoms with Crippen LogP contribution in [-0.2, 0) is 25.5 Å². The van der Waals surface area contributed by atoms with Crippen molar-refractivity contribution in [3.05, 3.63) is 64.2 Å². The zero-order valence-corrected chi connectivity index (χ0v) is 16.4. The van der Waals surface area contributed by atoms with Gasteiger partial charge in [-0.3, -0.25) is 24.5 Å². The molecule has 0 aliphatic carbocycles. The number of esters is 1. The molecule has 0 unspecified atom stereocenters. The molecule has 0 saturated carbocycles. The molecule has 9 nitrogen and oxygen atoms in total. The molecule has 0 spiro atoms. The first kappa shape index (κ1) is 21.0. The number of ether oxygens (including phenoxy) is 1. The van der Waals surface area contributed by atoms with Gasteiger partial charge in [-0.05, 0) is 36.2 Å². The normalized spacial score (nSPS) is 15.7. The molecule has 1 aliphatic heterocycles. The van der Waals surface area contributed by atoms with Crippen LogP contribution in [0.2, 0.25) is 0 Å². The Morgan fingerprint density at radius 3 is 2.43 bits per heavy atom. The second-order valence-electron chi connectivity index (χ2n) is 6.89. The Bertz CT molecular complexity index is 956. The van der Waals surface area contributed by atoms with Crippen molar-refractivity contribution in [3.8, 4) is 0 Å². The number of hydrogen-bond donors (Lipinski definition) is 1. The monoisotopic (exact) mass is 411 g/mol. The number of anilines is 2. The van der Waals surface area contributed by atoms with Crippen molar-refractivity contribution in [1.29, 1.82) is 0 Å². The molecule has 2 aromatic rings. The SMILES string of the molecule is CCc1ccc(NC(=O)COC(=O)[C@H]2CC(=O)N(c3ccc([N+](=O)[O-])cc3)C2)cc1. The summed E-state index contributed by atoms with van der Waals surface area (Å²) < 4.78 is 5.07. The number of benzene rings is 2. The zero-order chi connectivity index (χ0) is 21.7. The summed E-state index contributed by atoms with van der Waals surface area (Å²) in [5.41, 5.74) is 2.13. The Labute approximate surface area is 172 Å². The summed E-state index contributed by atoms with van der Waals surface area (Å²) in [6.07, 6.45) is 0.846. The molecule has 2 aromatic carbocycles. The Morgan fingerprint density at radius 2 is 1.83 bits per heavy atom. The summed E-state index contributed by atoms with van der Waals surface area (Å²) in [5, 5.41) is 13.4. The molecular formula is C21H21N3O6. The minimum Gasteiger partial charge on any atom is -0.455 e. The van der Waals surface area contributed by atoms with Crippen molar-refractivity contribution in [2.75, 3.05) is 23.4 Å². The molecule has 1 heterocycles. The van der Waals surface area contributed by atoms with Gasteiger partial charge in [-0.25, -0.2) is 0 Å². The van der Waals surface area contributed by atoms with Gasteiger partial charge in [-0.15, -0.1) is 0 Å². The van der Waals surface area contributed by atoms with Crippen molar-refractivity contribution < 1.29 is 24.0 Å². The van der Waals surface area contributed by atoms with Crippen molar-refractivity contribution in [1.82, 2.24) is 0 Å². The topological polar surface area (TPSA) is 119 Å². The van der Waals surface area contributed by atoms with Crippen molar-refractivity contribution in [2.24, 2.45) is 5.92 Å². The molecule has 156 valence electrons. The van der Waals surface area contributed by atoms with E-state index in [0.29, 0.717) is 11.4 Å². The minimum atomic E-state index is -0.704. The van der Waals surface area contributed by atoms with E-state index >= 15 is 0 Å². The van der Waals surface area contributed by atoms with E-state index in [1.54, 1.807) is 12.1 Å². The van der Waals surface area contributed by atoms with E-state index in [-0.39, 0.29) is 24.6 Å². The molecule has 0 bridgehead atoms. The first-order valence-electron chi connectivity index (χ1n) is 9.47. The molecule has 1 aliphatic rings. The number of hydrogen-bond acceptors (Lipinski definition) is 6. The van der Waals surface area contributed by atoms with E-state index in [4.69, 9.17) is 4.74 Å². The number of aryl methyl sites for hydroxylation is 1. The van der Waals surface area contributed by atoms with Crippen LogP contribution in [0.25, 0.3) is 0 Å². The summed E-state index contributed by atoms with van der Waals surface area (Å²) in [4.78, 5) is 48.1. The van der Waals surface area contributed by atoms with Crippen LogP contribution in [0, 0.1) is 16.0 Å². The molecule has 1 atom stereocenters. The summed E-state index contributed by atoms with van der Waals surface area (Å²) in [6, 6.07) is 12.9. The second kappa shape index (κ2) is 9.17. The number of carbonyl (C=O) groups is 3. The molecule has 2 amide bonds. The molecule has 9 heteroatoms. The van der Waals surface area contributed by atoms with Crippen LogP contribution >= 0.6 is 0 Å². The van der Waals surface area contributed by atoms with Gasteiger partial charge in [-0.1, -0.05) is 19.1 Å². The van der Waals surface area contributed by atoms with Gasteiger partial charge < -0.3 is 15.0 Å². The summed E-state index contributed by atoms with van der Waals surface area (Å²) >= 11 is 0. The number of rotatable bonds is 7. The Balaban J connectivity index is 1.51. The lowest BCUT2D eigenvalue weighted by Gasteiger charge is -2.16. The molecule has 30 heavy (non-hydrogen) atoms. The Hall–Kier alpha value is -3.75. The van der Waals surface area contributed by atoms with Crippen LogP contribution < -0.4 is 10.2 Å². The van der Waals surface area contributed by atoms with E-state index in [0.717, 1.165) is 12.0 Å². The van der Waals surface area contributed by atoms with Crippen LogP contribution in [0.3, 0.4) is 0 Å². The fourth-order valence-corrected chi connectivity index (χ4v) is 3.14. The standard InChI is InChI=1S/C21H21N3O6/c1-2-14-3-5-16(6-4-14)22-19(25)13-30-21(27)15-11-20(26)23(12-15)17-7-9-18(10-8-17)24(28)29/h3-10,15H,2,11-13H2,1H3,(H,22,25)/t15-/m0/s1. The highest BCUT2D eigenvalue weighted by Gasteiger charge is 2.36. The van der Waals surface area contributed by atoms with Crippen molar-refractivity contribution in [3.63, 3.8) is 0 Å². The molecule has 1 fully saturated rings. The molecule has 1 N–H and O–H groups in total. The highest BCUT2D eigenvalue weighted by Crippen LogP contribution is 2.27. The maximum atomic E-state index is 12.3. The van der Waals surface area contributed by atoms with E-state index in [9.17, 15) is 24.5 Å². The largest absolute Gasteiger partial charge is 0.455 e. The quantitative estimate of drug-likeness (QED) is 0.425. The number of carbonyl (C=O) groups excluding carboxylic acids is 3. The first-order valence-corrected chi connectivity index (χ1v) is 9.47. The van der Waals surface area contributed by atoms with Gasteiger partial charge in [-0.2, -0.15) is 0 Å². The fraction of sp³-hybridized carbons (Fsp3) is 0.286. The van der Waals surface area contributed by atoms with Crippen LogP contribution in [0.4, 0.5) is 17.1 Å². The van der Waals surface area contributed by atoms with E-state index in [1.807, 2.05) is 19.1 Å². The number of nitrogens with one attached hydrogen (secondary N) is 1. The minimum absolute atomic E-state index is 0.0457. The van der Waals surface area contributed by atoms with Gasteiger partial charge in [0.05, 0.1) is 10.8 Å². The van der Waals surface area contributed by atoms with Crippen molar-refractivity contribution >= 4 is 34.8 Å². The third-order valence-electron chi connectivity index (χ3n) is 4.82. The Morgan fingerprint density at radius 1 is 1.17 bits per heavy atom. The molecule has 0 aromatic heterocycles. The summed E-state index contributed by atoms with van der Waals surface area (Å²) in [7, 11) is 0. The van der Waals surface area contributed by atoms with E-state index < -0.39 is 29.3 Å². The zero-order valence-electron chi connectivity index (χ0n) is 16.4. The van der Waals surface area contributed by atoms with E-state index in [2.05, 4.69) is 5.32 Å². The average Bonchev–Trinajstić information content (AvgIpc) is 3.14. The number of nitrogens with zero attached hydrogens (tertiary/aromatic N) is 2. The smallest absolute Gasteiger partial charge is 0.311 e. The van der Waals surface area contributed by atoms with Gasteiger partial charge in [0.25, 0.3) is 11.6 Å². The lowest BCUT2D eigenvalue weighted by molar-refractivity contribution is -0.384. The predicted octanol–water partition coefficient (Wildman–Crippen LogP) is 2.69. The highest BCUT2D eigenvalue weighted by atomic mass is 16.6. The van der Waals surface area contributed by atoms with Crippen LogP contribution in [0.5, 0.6) is 0 Å². The van der Waals surface area contributed by atoms with E-state index in [1.165, 1.54) is 29.2 Å². The van der Waals surface area contributed by atoms with Crippen molar-refractivity contribution in [2.45, 2.75) is 19.8 Å². The Kier molecular flexibility index (Phi) is 6.41. The van der Waals surface area contributed by atoms with Crippen LogP contribution in [0.1, 0.15) is 18.9 Å². The lowest BCUT2D eigenvalue weighted by Crippen LogP contribution is -2.28. The number of non-ortho nitro benzene ring substituents is 1. The third kappa shape index (κ3) is 4.99. The molecule has 0 radical (unpaired) electrons. The van der Waals surface area contributed by atoms with Gasteiger partial charge in [0.1, 0.15) is 0 Å². The molecule has 3 rings (SSSR count). The van der Waals surface area contributed by atoms with Crippen LogP contribution in [-0.4, -0.2) is 35.9 Å². The maximum absolute atomic E-state index is 12.3. The predicted molar refractivity (Wildman–Crippen MR) is 109 cm³/mol. The van der Waals surface area contributed by atoms with Gasteiger partial charge in [0.2, 0.25) is 5.91 Å². The molecular weight excluding hydrogens is 390 g/mol. The summed E-state index contributed by atoms with van der Waals surface area (Å²) in [5.74, 6) is -2.09. The fourth-order valence-electron chi connectivity index (χ4n) is 3.14. The first-order chi connectivity index (χ1) is 14.4. The number of nitro benzene ring substituents is 1. The van der Waals surface area contributed by atoms with Crippen LogP contribution in [0.15, 0.2) is 48.5 Å². The molecule has 1 saturated heterocycles. The maximum Gasteiger partial charge on any atom is 0.311 e.